The maximum Gasteiger partial charge on any atom is 0.0695 e. The minimum absolute atomic E-state index is 0.106. The Balaban J connectivity index is 1.94. The van der Waals surface area contributed by atoms with Crippen molar-refractivity contribution in [2.45, 2.75) is 109 Å². The molecule has 0 radical (unpaired) electrons. The number of hydrogen-bond donors (Lipinski definition) is 1. The molecule has 0 heterocycles. The van der Waals surface area contributed by atoms with E-state index in [1.807, 2.05) is 0 Å². The number of rotatable bonds is 4. The molecule has 2 atom stereocenters. The maximum atomic E-state index is 10.8. The second-order valence-electron chi connectivity index (χ2n) is 7.77. The molecule has 21 heavy (non-hydrogen) atoms. The van der Waals surface area contributed by atoms with Crippen LogP contribution in [-0.4, -0.2) is 34.7 Å². The van der Waals surface area contributed by atoms with Gasteiger partial charge in [-0.1, -0.05) is 51.4 Å². The smallest absolute Gasteiger partial charge is 0.0695 e. The molecule has 2 rings (SSSR count). The van der Waals surface area contributed by atoms with E-state index < -0.39 is 0 Å². The summed E-state index contributed by atoms with van der Waals surface area (Å²) in [6, 6.07) is 0.975. The molecular weight excluding hydrogens is 258 g/mol. The Hall–Kier alpha value is -0.0800. The molecule has 0 bridgehead atoms. The van der Waals surface area contributed by atoms with Gasteiger partial charge < -0.3 is 5.11 Å². The van der Waals surface area contributed by atoms with Crippen molar-refractivity contribution in [3.8, 4) is 0 Å². The summed E-state index contributed by atoms with van der Waals surface area (Å²) in [6.45, 7) is 5.84. The molecule has 0 amide bonds. The summed E-state index contributed by atoms with van der Waals surface area (Å²) in [6.07, 6.45) is 15.7. The highest BCUT2D eigenvalue weighted by atomic mass is 16.3. The van der Waals surface area contributed by atoms with Crippen molar-refractivity contribution in [2.24, 2.45) is 5.92 Å². The summed E-state index contributed by atoms with van der Waals surface area (Å²) in [7, 11) is 0. The van der Waals surface area contributed by atoms with Crippen LogP contribution in [0.4, 0.5) is 0 Å². The third-order valence-corrected chi connectivity index (χ3v) is 5.45. The lowest BCUT2D eigenvalue weighted by atomic mass is 9.93. The van der Waals surface area contributed by atoms with Crippen LogP contribution in [0.2, 0.25) is 0 Å². The fraction of sp³-hybridized carbons (Fsp3) is 1.00. The Bertz CT molecular complexity index is 275. The van der Waals surface area contributed by atoms with Crippen LogP contribution in [0.3, 0.4) is 0 Å². The van der Waals surface area contributed by atoms with Gasteiger partial charge in [0.05, 0.1) is 6.10 Å². The Kier molecular flexibility index (Phi) is 7.53. The molecule has 2 nitrogen and oxygen atoms in total. The molecule has 0 aliphatic heterocycles. The van der Waals surface area contributed by atoms with E-state index >= 15 is 0 Å². The Morgan fingerprint density at radius 2 is 1.33 bits per heavy atom. The fourth-order valence-electron chi connectivity index (χ4n) is 3.87. The van der Waals surface area contributed by atoms with Crippen LogP contribution in [0.15, 0.2) is 0 Å². The number of nitrogens with zero attached hydrogens (tertiary/aromatic N) is 1. The average molecular weight is 296 g/mol. The van der Waals surface area contributed by atoms with Gasteiger partial charge in [0.15, 0.2) is 0 Å². The van der Waals surface area contributed by atoms with Crippen molar-refractivity contribution in [3.63, 3.8) is 0 Å². The zero-order valence-corrected chi connectivity index (χ0v) is 14.4. The lowest BCUT2D eigenvalue weighted by molar-refractivity contribution is 0.0165. The number of aliphatic hydroxyl groups is 1. The van der Waals surface area contributed by atoms with Crippen molar-refractivity contribution in [3.05, 3.63) is 0 Å². The van der Waals surface area contributed by atoms with Gasteiger partial charge in [-0.3, -0.25) is 4.90 Å². The van der Waals surface area contributed by atoms with Gasteiger partial charge >= 0.3 is 0 Å². The van der Waals surface area contributed by atoms with Gasteiger partial charge in [0, 0.05) is 18.6 Å². The van der Waals surface area contributed by atoms with Crippen LogP contribution in [0.5, 0.6) is 0 Å². The highest BCUT2D eigenvalue weighted by Gasteiger charge is 2.32. The summed E-state index contributed by atoms with van der Waals surface area (Å²) in [5.41, 5.74) is 0. The topological polar surface area (TPSA) is 23.5 Å². The van der Waals surface area contributed by atoms with Crippen LogP contribution in [0, 0.1) is 5.92 Å². The van der Waals surface area contributed by atoms with Crippen LogP contribution < -0.4 is 0 Å². The summed E-state index contributed by atoms with van der Waals surface area (Å²) < 4.78 is 0. The van der Waals surface area contributed by atoms with Crippen molar-refractivity contribution in [1.29, 1.82) is 0 Å². The zero-order chi connectivity index (χ0) is 15.1. The van der Waals surface area contributed by atoms with Gasteiger partial charge in [-0.15, -0.1) is 0 Å². The van der Waals surface area contributed by atoms with E-state index in [1.165, 1.54) is 77.2 Å². The van der Waals surface area contributed by atoms with E-state index in [9.17, 15) is 5.11 Å². The second kappa shape index (κ2) is 9.15. The molecule has 2 unspecified atom stereocenters. The minimum Gasteiger partial charge on any atom is -0.391 e. The minimum atomic E-state index is -0.106. The van der Waals surface area contributed by atoms with Crippen LogP contribution in [0.25, 0.3) is 0 Å². The van der Waals surface area contributed by atoms with Gasteiger partial charge in [-0.25, -0.2) is 0 Å². The molecule has 0 spiro atoms. The van der Waals surface area contributed by atoms with Gasteiger partial charge in [-0.05, 0) is 45.4 Å². The molecule has 2 aliphatic rings. The van der Waals surface area contributed by atoms with E-state index in [-0.39, 0.29) is 6.10 Å². The standard InChI is InChI=1S/C19H37NO/c1-16(2)20(15-17-13-14-17)18-11-9-7-5-3-4-6-8-10-12-19(18)21/h16-19,21H,3-15H2,1-2H3. The maximum absolute atomic E-state index is 10.8. The SMILES string of the molecule is CC(C)N(CC1CC1)C1CCCCCCCCCCC1O. The third-order valence-electron chi connectivity index (χ3n) is 5.45. The molecule has 0 aromatic carbocycles. The third kappa shape index (κ3) is 6.28. The van der Waals surface area contributed by atoms with E-state index in [1.54, 1.807) is 0 Å². The first kappa shape index (κ1) is 17.3. The summed E-state index contributed by atoms with van der Waals surface area (Å²) >= 11 is 0. The van der Waals surface area contributed by atoms with Gasteiger partial charge in [0.1, 0.15) is 0 Å². The van der Waals surface area contributed by atoms with Gasteiger partial charge in [-0.2, -0.15) is 0 Å². The molecular formula is C19H37NO. The Morgan fingerprint density at radius 3 is 1.86 bits per heavy atom. The van der Waals surface area contributed by atoms with Crippen molar-refractivity contribution in [2.75, 3.05) is 6.54 Å². The summed E-state index contributed by atoms with van der Waals surface area (Å²) in [5, 5.41) is 10.8. The lowest BCUT2D eigenvalue weighted by Gasteiger charge is -2.38. The largest absolute Gasteiger partial charge is 0.391 e. The second-order valence-corrected chi connectivity index (χ2v) is 7.77. The van der Waals surface area contributed by atoms with Crippen LogP contribution >= 0.6 is 0 Å². The average Bonchev–Trinajstić information content (AvgIpc) is 3.25. The molecule has 0 saturated heterocycles. The Morgan fingerprint density at radius 1 is 0.810 bits per heavy atom. The summed E-state index contributed by atoms with van der Waals surface area (Å²) in [4.78, 5) is 2.63. The van der Waals surface area contributed by atoms with Crippen molar-refractivity contribution in [1.82, 2.24) is 4.90 Å². The first-order valence-electron chi connectivity index (χ1n) is 9.62. The lowest BCUT2D eigenvalue weighted by Crippen LogP contribution is -2.48. The zero-order valence-electron chi connectivity index (χ0n) is 14.4. The predicted octanol–water partition coefficient (Wildman–Crippen LogP) is 4.75. The quantitative estimate of drug-likeness (QED) is 0.809. The fourth-order valence-corrected chi connectivity index (χ4v) is 3.87. The normalized spacial score (nSPS) is 30.1. The molecule has 1 N–H and O–H groups in total. The number of hydrogen-bond acceptors (Lipinski definition) is 2. The summed E-state index contributed by atoms with van der Waals surface area (Å²) in [5.74, 6) is 0.918. The van der Waals surface area contributed by atoms with E-state index in [0.717, 1.165) is 12.3 Å². The Labute approximate surface area is 132 Å². The molecule has 0 aromatic rings. The van der Waals surface area contributed by atoms with E-state index in [4.69, 9.17) is 0 Å². The first-order chi connectivity index (χ1) is 10.2. The highest BCUT2D eigenvalue weighted by Crippen LogP contribution is 2.32. The molecule has 2 heteroatoms. The predicted molar refractivity (Wildman–Crippen MR) is 90.5 cm³/mol. The van der Waals surface area contributed by atoms with E-state index in [0.29, 0.717) is 12.1 Å². The van der Waals surface area contributed by atoms with E-state index in [2.05, 4.69) is 18.7 Å². The molecule has 2 aliphatic carbocycles. The highest BCUT2D eigenvalue weighted by molar-refractivity contribution is 4.86. The van der Waals surface area contributed by atoms with Crippen LogP contribution in [0.1, 0.15) is 90.9 Å². The molecule has 124 valence electrons. The number of aliphatic hydroxyl groups excluding tert-OH is 1. The molecule has 2 fully saturated rings. The van der Waals surface area contributed by atoms with Gasteiger partial charge in [0.2, 0.25) is 0 Å². The first-order valence-corrected chi connectivity index (χ1v) is 9.62. The monoisotopic (exact) mass is 295 g/mol. The van der Waals surface area contributed by atoms with Gasteiger partial charge in [0.25, 0.3) is 0 Å². The molecule has 0 aromatic heterocycles. The van der Waals surface area contributed by atoms with Crippen molar-refractivity contribution >= 4 is 0 Å². The van der Waals surface area contributed by atoms with Crippen LogP contribution in [-0.2, 0) is 0 Å². The molecule has 2 saturated carbocycles. The van der Waals surface area contributed by atoms with Crippen molar-refractivity contribution < 1.29 is 5.11 Å².